The van der Waals surface area contributed by atoms with Crippen LogP contribution in [0.15, 0.2) is 0 Å². The Morgan fingerprint density at radius 3 is 1.55 bits per heavy atom. The normalized spacial score (nSPS) is 12.4. The number of hydrogen-bond donors (Lipinski definition) is 0. The minimum atomic E-state index is 0. The minimum Gasteiger partial charge on any atom is -1.00 e. The Morgan fingerprint density at radius 2 is 1.27 bits per heavy atom. The summed E-state index contributed by atoms with van der Waals surface area (Å²) in [4.78, 5) is 5.76. The monoisotopic (exact) mass is 360 g/mol. The summed E-state index contributed by atoms with van der Waals surface area (Å²) < 4.78 is 1.70. The van der Waals surface area contributed by atoms with Gasteiger partial charge in [0, 0.05) is 0 Å². The lowest BCUT2D eigenvalue weighted by atomic mass is 10.1. The third-order valence-electron chi connectivity index (χ3n) is 2.85. The summed E-state index contributed by atoms with van der Waals surface area (Å²) in [5.74, 6) is 0. The molecule has 0 aromatic rings. The second kappa shape index (κ2) is 16.3. The molecular weight excluding hydrogens is 319 g/mol. The van der Waals surface area contributed by atoms with E-state index in [4.69, 9.17) is 4.84 Å². The van der Waals surface area contributed by atoms with Gasteiger partial charge in [0.15, 0.2) is 0 Å². The first-order chi connectivity index (χ1) is 9.02. The molecule has 5 heteroatoms. The van der Waals surface area contributed by atoms with Crippen molar-refractivity contribution in [3.05, 3.63) is 0 Å². The molecule has 140 valence electrons. The van der Waals surface area contributed by atoms with Crippen LogP contribution in [0.2, 0.25) is 0 Å². The van der Waals surface area contributed by atoms with Crippen LogP contribution in [0.4, 0.5) is 0 Å². The number of quaternary nitrogens is 2. The summed E-state index contributed by atoms with van der Waals surface area (Å²) >= 11 is 0. The number of rotatable bonds is 9. The molecular formula is C17H42Cl2N2O. The molecule has 0 N–H and O–H groups in total. The number of hydrogen-bond acceptors (Lipinski definition) is 1. The van der Waals surface area contributed by atoms with E-state index in [1.54, 1.807) is 0 Å². The topological polar surface area (TPSA) is 9.23 Å². The molecule has 0 heterocycles. The van der Waals surface area contributed by atoms with Gasteiger partial charge in [-0.25, -0.2) is 4.84 Å². The van der Waals surface area contributed by atoms with E-state index in [2.05, 4.69) is 63.1 Å². The average Bonchev–Trinajstić information content (AvgIpc) is 2.21. The molecule has 0 aliphatic heterocycles. The zero-order valence-electron chi connectivity index (χ0n) is 16.6. The van der Waals surface area contributed by atoms with Crippen LogP contribution in [-0.4, -0.2) is 64.1 Å². The molecule has 0 aromatic heterocycles. The summed E-state index contributed by atoms with van der Waals surface area (Å²) in [6, 6.07) is 0. The van der Waals surface area contributed by atoms with Crippen LogP contribution in [0.25, 0.3) is 0 Å². The van der Waals surface area contributed by atoms with E-state index in [0.29, 0.717) is 10.8 Å². The van der Waals surface area contributed by atoms with Gasteiger partial charge in [-0.3, -0.25) is 0 Å². The second-order valence-corrected chi connectivity index (χ2v) is 7.67. The molecule has 3 nitrogen and oxygen atoms in total. The zero-order chi connectivity index (χ0) is 16.2. The van der Waals surface area contributed by atoms with Crippen molar-refractivity contribution in [3.8, 4) is 0 Å². The molecule has 0 amide bonds. The smallest absolute Gasteiger partial charge is 0.114 e. The highest BCUT2D eigenvalue weighted by Gasteiger charge is 2.13. The van der Waals surface area contributed by atoms with Crippen molar-refractivity contribution in [2.75, 3.05) is 48.8 Å². The standard InChI is InChI=1S/C11H26NO.C6H16N.2ClH/c1-6-7-8-9-10-11(2)13-12(3,4)5;1-5-6-7(2,3)4;;/h11H,6-10H2,1-5H3;5-6H2,1-4H3;2*1H/q2*+1;;/p-2. The fourth-order valence-electron chi connectivity index (χ4n) is 2.12. The van der Waals surface area contributed by atoms with Gasteiger partial charge >= 0.3 is 0 Å². The molecule has 22 heavy (non-hydrogen) atoms. The molecule has 0 spiro atoms. The van der Waals surface area contributed by atoms with Gasteiger partial charge in [0.05, 0.1) is 48.8 Å². The van der Waals surface area contributed by atoms with Crippen molar-refractivity contribution >= 4 is 0 Å². The quantitative estimate of drug-likeness (QED) is 0.265. The van der Waals surface area contributed by atoms with Gasteiger partial charge in [0.25, 0.3) is 0 Å². The van der Waals surface area contributed by atoms with E-state index in [1.165, 1.54) is 45.1 Å². The first-order valence-electron chi connectivity index (χ1n) is 8.32. The fraction of sp³-hybridized carbons (Fsp3) is 1.00. The van der Waals surface area contributed by atoms with Crippen molar-refractivity contribution in [1.82, 2.24) is 0 Å². The van der Waals surface area contributed by atoms with Crippen LogP contribution < -0.4 is 24.8 Å². The molecule has 0 bridgehead atoms. The second-order valence-electron chi connectivity index (χ2n) is 7.67. The molecule has 0 rings (SSSR count). The van der Waals surface area contributed by atoms with Crippen molar-refractivity contribution in [3.63, 3.8) is 0 Å². The number of halogens is 2. The average molecular weight is 361 g/mol. The highest BCUT2D eigenvalue weighted by molar-refractivity contribution is 4.48. The Labute approximate surface area is 153 Å². The first kappa shape index (κ1) is 30.4. The Kier molecular flexibility index (Phi) is 22.5. The van der Waals surface area contributed by atoms with E-state index in [0.717, 1.165) is 4.48 Å². The molecule has 0 fully saturated rings. The van der Waals surface area contributed by atoms with Crippen LogP contribution in [-0.2, 0) is 4.84 Å². The predicted octanol–water partition coefficient (Wildman–Crippen LogP) is -1.91. The largest absolute Gasteiger partial charge is 1.00 e. The van der Waals surface area contributed by atoms with Crippen LogP contribution in [0, 0.1) is 0 Å². The minimum absolute atomic E-state index is 0. The Bertz CT molecular complexity index is 214. The van der Waals surface area contributed by atoms with Gasteiger partial charge in [0.2, 0.25) is 0 Å². The number of hydroxylamine groups is 3. The Balaban J connectivity index is -0.000000156. The van der Waals surface area contributed by atoms with Gasteiger partial charge in [-0.1, -0.05) is 39.5 Å². The van der Waals surface area contributed by atoms with E-state index in [-0.39, 0.29) is 24.8 Å². The van der Waals surface area contributed by atoms with Crippen LogP contribution in [0.5, 0.6) is 0 Å². The first-order valence-corrected chi connectivity index (χ1v) is 8.32. The lowest BCUT2D eigenvalue weighted by Crippen LogP contribution is -3.00. The van der Waals surface area contributed by atoms with Crippen LogP contribution in [0.1, 0.15) is 59.3 Å². The highest BCUT2D eigenvalue weighted by atomic mass is 35.5. The Morgan fingerprint density at radius 1 is 0.773 bits per heavy atom. The summed E-state index contributed by atoms with van der Waals surface area (Å²) in [5, 5.41) is 0. The maximum atomic E-state index is 5.76. The molecule has 0 saturated heterocycles. The number of unbranched alkanes of at least 4 members (excludes halogenated alkanes) is 3. The van der Waals surface area contributed by atoms with Gasteiger partial charge < -0.3 is 29.3 Å². The van der Waals surface area contributed by atoms with Crippen molar-refractivity contribution in [2.24, 2.45) is 0 Å². The van der Waals surface area contributed by atoms with Crippen molar-refractivity contribution in [1.29, 1.82) is 0 Å². The van der Waals surface area contributed by atoms with E-state index in [9.17, 15) is 0 Å². The lowest BCUT2D eigenvalue weighted by Gasteiger charge is -2.25. The third-order valence-corrected chi connectivity index (χ3v) is 2.85. The molecule has 0 saturated carbocycles. The van der Waals surface area contributed by atoms with Gasteiger partial charge in [-0.15, -0.1) is 0 Å². The SMILES string of the molecule is CCCCCCC(C)O[N+](C)(C)C.CCC[N+](C)(C)C.[Cl-].[Cl-]. The third kappa shape index (κ3) is 32.4. The van der Waals surface area contributed by atoms with Gasteiger partial charge in [0.1, 0.15) is 6.10 Å². The molecule has 0 aliphatic carbocycles. The molecule has 0 aromatic carbocycles. The van der Waals surface area contributed by atoms with E-state index in [1.807, 2.05) is 0 Å². The summed E-state index contributed by atoms with van der Waals surface area (Å²) in [6.45, 7) is 7.89. The lowest BCUT2D eigenvalue weighted by molar-refractivity contribution is -1.07. The molecule has 0 aliphatic rings. The summed E-state index contributed by atoms with van der Waals surface area (Å²) in [6.07, 6.45) is 8.17. The van der Waals surface area contributed by atoms with E-state index < -0.39 is 0 Å². The van der Waals surface area contributed by atoms with Crippen molar-refractivity contribution in [2.45, 2.75) is 65.4 Å². The maximum absolute atomic E-state index is 5.76. The van der Waals surface area contributed by atoms with Crippen LogP contribution >= 0.6 is 0 Å². The highest BCUT2D eigenvalue weighted by Crippen LogP contribution is 2.10. The maximum Gasteiger partial charge on any atom is 0.114 e. The van der Waals surface area contributed by atoms with Gasteiger partial charge in [-0.2, -0.15) is 4.65 Å². The van der Waals surface area contributed by atoms with Gasteiger partial charge in [-0.05, 0) is 19.8 Å². The summed E-state index contributed by atoms with van der Waals surface area (Å²) in [5.41, 5.74) is 0. The van der Waals surface area contributed by atoms with E-state index >= 15 is 0 Å². The zero-order valence-corrected chi connectivity index (χ0v) is 18.1. The Hall–Kier alpha value is 0.460. The number of nitrogens with zero attached hydrogens (tertiary/aromatic N) is 2. The molecule has 1 atom stereocenters. The summed E-state index contributed by atoms with van der Waals surface area (Å²) in [7, 11) is 12.8. The molecule has 0 radical (unpaired) electrons. The predicted molar refractivity (Wildman–Crippen MR) is 90.5 cm³/mol. The van der Waals surface area contributed by atoms with Crippen molar-refractivity contribution < 1.29 is 38.8 Å². The molecule has 1 unspecified atom stereocenters. The fourth-order valence-corrected chi connectivity index (χ4v) is 2.12. The van der Waals surface area contributed by atoms with Crippen LogP contribution in [0.3, 0.4) is 0 Å².